The molecule has 108 valence electrons. The van der Waals surface area contributed by atoms with Gasteiger partial charge < -0.3 is 4.90 Å². The number of anilines is 1. The van der Waals surface area contributed by atoms with E-state index < -0.39 is 0 Å². The van der Waals surface area contributed by atoms with Gasteiger partial charge in [0.15, 0.2) is 11.4 Å². The quantitative estimate of drug-likeness (QED) is 0.520. The first kappa shape index (κ1) is 16.2. The van der Waals surface area contributed by atoms with Gasteiger partial charge in [0.1, 0.15) is 0 Å². The Balaban J connectivity index is 2.92. The predicted molar refractivity (Wildman–Crippen MR) is 83.6 cm³/mol. The lowest BCUT2D eigenvalue weighted by molar-refractivity contribution is 0.112. The van der Waals surface area contributed by atoms with E-state index >= 15 is 0 Å². The molecule has 0 unspecified atom stereocenters. The van der Waals surface area contributed by atoms with E-state index in [1.54, 1.807) is 0 Å². The third-order valence-electron chi connectivity index (χ3n) is 3.20. The van der Waals surface area contributed by atoms with Crippen LogP contribution in [0.2, 0.25) is 0 Å². The zero-order valence-corrected chi connectivity index (χ0v) is 13.6. The predicted octanol–water partition coefficient (Wildman–Crippen LogP) is 4.48. The van der Waals surface area contributed by atoms with Crippen molar-refractivity contribution in [1.82, 2.24) is 4.98 Å². The van der Waals surface area contributed by atoms with E-state index in [1.165, 1.54) is 30.6 Å². The van der Waals surface area contributed by atoms with Gasteiger partial charge in [0.05, 0.1) is 10.6 Å². The fourth-order valence-corrected chi connectivity index (χ4v) is 3.25. The summed E-state index contributed by atoms with van der Waals surface area (Å²) in [7, 11) is 0. The minimum atomic E-state index is 0.301. The molecule has 4 heteroatoms. The second-order valence-corrected chi connectivity index (χ2v) is 6.52. The second-order valence-electron chi connectivity index (χ2n) is 5.51. The van der Waals surface area contributed by atoms with Gasteiger partial charge in [0.2, 0.25) is 0 Å². The first-order valence-electron chi connectivity index (χ1n) is 7.23. The Labute approximate surface area is 121 Å². The molecule has 1 rings (SSSR count). The molecule has 0 bridgehead atoms. The number of hydrogen-bond donors (Lipinski definition) is 0. The Bertz CT molecular complexity index is 399. The van der Waals surface area contributed by atoms with Crippen molar-refractivity contribution in [2.45, 2.75) is 65.8 Å². The molecule has 0 aliphatic rings. The van der Waals surface area contributed by atoms with Crippen LogP contribution in [0.5, 0.6) is 0 Å². The molecular formula is C15H26N2OS. The zero-order chi connectivity index (χ0) is 14.4. The molecule has 0 saturated heterocycles. The molecule has 0 aliphatic carbocycles. The summed E-state index contributed by atoms with van der Waals surface area (Å²) in [5, 5.41) is 0.997. The molecule has 0 fully saturated rings. The Kier molecular flexibility index (Phi) is 6.49. The number of rotatable bonds is 8. The lowest BCUT2D eigenvalue weighted by Crippen LogP contribution is -2.31. The average molecular weight is 282 g/mol. The van der Waals surface area contributed by atoms with Crippen LogP contribution in [0, 0.1) is 0 Å². The zero-order valence-electron chi connectivity index (χ0n) is 12.8. The molecule has 0 amide bonds. The molecule has 1 aromatic rings. The van der Waals surface area contributed by atoms with E-state index in [9.17, 15) is 4.79 Å². The van der Waals surface area contributed by atoms with Crippen LogP contribution in [-0.4, -0.2) is 23.9 Å². The molecule has 0 spiro atoms. The van der Waals surface area contributed by atoms with Gasteiger partial charge in [-0.3, -0.25) is 4.79 Å². The van der Waals surface area contributed by atoms with Crippen LogP contribution in [-0.2, 0) is 0 Å². The fourth-order valence-electron chi connectivity index (χ4n) is 2.06. The molecule has 0 saturated carbocycles. The number of aromatic nitrogens is 1. The largest absolute Gasteiger partial charge is 0.346 e. The maximum absolute atomic E-state index is 11.1. The van der Waals surface area contributed by atoms with Crippen molar-refractivity contribution in [1.29, 1.82) is 0 Å². The van der Waals surface area contributed by atoms with Gasteiger partial charge >= 0.3 is 0 Å². The molecule has 1 heterocycles. The van der Waals surface area contributed by atoms with Crippen molar-refractivity contribution in [3.8, 4) is 0 Å². The van der Waals surface area contributed by atoms with Gasteiger partial charge in [-0.15, -0.1) is 0 Å². The van der Waals surface area contributed by atoms with Crippen LogP contribution in [0.3, 0.4) is 0 Å². The number of carbonyl (C=O) groups is 1. The highest BCUT2D eigenvalue weighted by Crippen LogP contribution is 2.30. The summed E-state index contributed by atoms with van der Waals surface area (Å²) in [4.78, 5) is 18.9. The third kappa shape index (κ3) is 4.30. The van der Waals surface area contributed by atoms with E-state index in [-0.39, 0.29) is 0 Å². The number of carbonyl (C=O) groups excluding carboxylic acids is 1. The minimum Gasteiger partial charge on any atom is -0.346 e. The van der Waals surface area contributed by atoms with Gasteiger partial charge in [-0.25, -0.2) is 4.98 Å². The highest BCUT2D eigenvalue weighted by atomic mass is 32.1. The van der Waals surface area contributed by atoms with Crippen molar-refractivity contribution >= 4 is 22.8 Å². The van der Waals surface area contributed by atoms with Gasteiger partial charge in [-0.05, 0) is 26.2 Å². The number of hydrogen-bond acceptors (Lipinski definition) is 4. The van der Waals surface area contributed by atoms with Crippen molar-refractivity contribution in [2.75, 3.05) is 11.4 Å². The van der Waals surface area contributed by atoms with Crippen LogP contribution in [0.15, 0.2) is 0 Å². The van der Waals surface area contributed by atoms with Crippen molar-refractivity contribution in [3.63, 3.8) is 0 Å². The highest BCUT2D eigenvalue weighted by molar-refractivity contribution is 7.17. The third-order valence-corrected chi connectivity index (χ3v) is 4.23. The molecule has 0 aliphatic heterocycles. The molecule has 0 aromatic carbocycles. The highest BCUT2D eigenvalue weighted by Gasteiger charge is 2.19. The van der Waals surface area contributed by atoms with Crippen LogP contribution < -0.4 is 4.90 Å². The van der Waals surface area contributed by atoms with Crippen LogP contribution >= 0.6 is 11.3 Å². The Morgan fingerprint density at radius 1 is 1.26 bits per heavy atom. The summed E-state index contributed by atoms with van der Waals surface area (Å²) in [5.41, 5.74) is 0.941. The first-order valence-corrected chi connectivity index (χ1v) is 8.05. The lowest BCUT2D eigenvalue weighted by Gasteiger charge is -2.26. The van der Waals surface area contributed by atoms with Gasteiger partial charge in [-0.2, -0.15) is 0 Å². The topological polar surface area (TPSA) is 33.2 Å². The number of aldehydes is 1. The standard InChI is InChI=1S/C15H26N2OS/c1-6-7-8-9-17(12(4)5)15-16-14(11(2)3)13(10-18)19-15/h10-12H,6-9H2,1-5H3. The maximum atomic E-state index is 11.1. The normalized spacial score (nSPS) is 11.3. The second kappa shape index (κ2) is 7.63. The Morgan fingerprint density at radius 2 is 1.95 bits per heavy atom. The molecule has 0 radical (unpaired) electrons. The van der Waals surface area contributed by atoms with Crippen molar-refractivity contribution < 1.29 is 4.79 Å². The lowest BCUT2D eigenvalue weighted by atomic mass is 10.1. The monoisotopic (exact) mass is 282 g/mol. The summed E-state index contributed by atoms with van der Waals surface area (Å²) >= 11 is 1.53. The smallest absolute Gasteiger partial charge is 0.186 e. The fraction of sp³-hybridized carbons (Fsp3) is 0.733. The van der Waals surface area contributed by atoms with E-state index in [1.807, 2.05) is 0 Å². The van der Waals surface area contributed by atoms with Crippen LogP contribution in [0.25, 0.3) is 0 Å². The first-order chi connectivity index (χ1) is 9.01. The summed E-state index contributed by atoms with van der Waals surface area (Å²) < 4.78 is 0. The van der Waals surface area contributed by atoms with Crippen molar-refractivity contribution in [3.05, 3.63) is 10.6 Å². The van der Waals surface area contributed by atoms with E-state index in [4.69, 9.17) is 4.98 Å². The van der Waals surface area contributed by atoms with E-state index in [0.29, 0.717) is 12.0 Å². The van der Waals surface area contributed by atoms with E-state index in [2.05, 4.69) is 39.5 Å². The van der Waals surface area contributed by atoms with Gasteiger partial charge in [0, 0.05) is 12.6 Å². The van der Waals surface area contributed by atoms with Crippen LogP contribution in [0.4, 0.5) is 5.13 Å². The number of nitrogens with zero attached hydrogens (tertiary/aromatic N) is 2. The Morgan fingerprint density at radius 3 is 2.37 bits per heavy atom. The summed E-state index contributed by atoms with van der Waals surface area (Å²) in [5.74, 6) is 0.301. The molecule has 1 aromatic heterocycles. The van der Waals surface area contributed by atoms with Gasteiger partial charge in [0.25, 0.3) is 0 Å². The maximum Gasteiger partial charge on any atom is 0.186 e. The number of unbranched alkanes of at least 4 members (excludes halogenated alkanes) is 2. The molecule has 3 nitrogen and oxygen atoms in total. The average Bonchev–Trinajstić information content (AvgIpc) is 2.78. The summed E-state index contributed by atoms with van der Waals surface area (Å²) in [6.07, 6.45) is 4.59. The van der Waals surface area contributed by atoms with Crippen LogP contribution in [0.1, 0.15) is 75.2 Å². The number of thiazole rings is 1. The summed E-state index contributed by atoms with van der Waals surface area (Å²) in [6, 6.07) is 0.419. The SMILES string of the molecule is CCCCCN(c1nc(C(C)C)c(C=O)s1)C(C)C. The van der Waals surface area contributed by atoms with E-state index in [0.717, 1.165) is 28.5 Å². The van der Waals surface area contributed by atoms with Crippen molar-refractivity contribution in [2.24, 2.45) is 0 Å². The minimum absolute atomic E-state index is 0.301. The van der Waals surface area contributed by atoms with Gasteiger partial charge in [-0.1, -0.05) is 44.9 Å². The Hall–Kier alpha value is -0.900. The summed E-state index contributed by atoms with van der Waals surface area (Å²) in [6.45, 7) is 11.8. The molecule has 0 atom stereocenters. The molecular weight excluding hydrogens is 256 g/mol. The molecule has 0 N–H and O–H groups in total. The molecule has 19 heavy (non-hydrogen) atoms.